The number of nitrogens with two attached hydrogens (primary N) is 1. The second-order valence-electron chi connectivity index (χ2n) is 9.39. The summed E-state index contributed by atoms with van der Waals surface area (Å²) in [6.45, 7) is 4.00. The Morgan fingerprint density at radius 2 is 1.87 bits per heavy atom. The van der Waals surface area contributed by atoms with Crippen molar-refractivity contribution in [1.82, 2.24) is 29.3 Å². The number of nitrogens with one attached hydrogen (secondary N) is 1. The third-order valence-corrected chi connectivity index (χ3v) is 6.62. The number of hydrogen-bond donors (Lipinski definition) is 2. The number of rotatable bonds is 5. The van der Waals surface area contributed by atoms with Gasteiger partial charge in [0.05, 0.1) is 23.1 Å². The minimum Gasteiger partial charge on any atom is -0.368 e. The monoisotopic (exact) mass is 502 g/mol. The lowest BCUT2D eigenvalue weighted by Gasteiger charge is -2.22. The van der Waals surface area contributed by atoms with Crippen molar-refractivity contribution >= 4 is 33.6 Å². The molecule has 3 N–H and O–H groups in total. The van der Waals surface area contributed by atoms with Gasteiger partial charge in [0.2, 0.25) is 5.95 Å². The number of nitrogen functional groups attached to an aromatic ring is 1. The van der Waals surface area contributed by atoms with Gasteiger partial charge in [-0.3, -0.25) is 19.0 Å². The van der Waals surface area contributed by atoms with Gasteiger partial charge in [0.15, 0.2) is 5.82 Å². The van der Waals surface area contributed by atoms with E-state index in [-0.39, 0.29) is 17.5 Å². The Labute approximate surface area is 218 Å². The molecule has 38 heavy (non-hydrogen) atoms. The largest absolute Gasteiger partial charge is 0.368 e. The van der Waals surface area contributed by atoms with E-state index in [1.54, 1.807) is 27.7 Å². The lowest BCUT2D eigenvalue weighted by atomic mass is 9.99. The topological polar surface area (TPSA) is 117 Å². The first-order chi connectivity index (χ1) is 18.4. The Hall–Kier alpha value is -5.05. The van der Waals surface area contributed by atoms with E-state index in [9.17, 15) is 4.79 Å². The molecule has 6 aromatic rings. The molecule has 0 aliphatic rings. The molecule has 6 rings (SSSR count). The van der Waals surface area contributed by atoms with Crippen LogP contribution in [0.15, 0.2) is 84.0 Å². The minimum atomic E-state index is -0.325. The zero-order valence-electron chi connectivity index (χ0n) is 21.3. The summed E-state index contributed by atoms with van der Waals surface area (Å²) in [5, 5.41) is 9.23. The summed E-state index contributed by atoms with van der Waals surface area (Å²) in [7, 11) is 1.86. The normalized spacial score (nSPS) is 12.2. The van der Waals surface area contributed by atoms with Gasteiger partial charge in [-0.15, -0.1) is 0 Å². The quantitative estimate of drug-likeness (QED) is 0.348. The average molecular weight is 503 g/mol. The van der Waals surface area contributed by atoms with Crippen molar-refractivity contribution in [2.24, 2.45) is 7.05 Å². The number of benzene rings is 2. The third-order valence-electron chi connectivity index (χ3n) is 6.62. The van der Waals surface area contributed by atoms with Crippen LogP contribution in [0.3, 0.4) is 0 Å². The average Bonchev–Trinajstić information content (AvgIpc) is 3.34. The number of pyridine rings is 2. The number of nitrogens with zero attached hydrogens (tertiary/aromatic N) is 6. The van der Waals surface area contributed by atoms with Crippen molar-refractivity contribution in [3.63, 3.8) is 0 Å². The van der Waals surface area contributed by atoms with Crippen LogP contribution in [0, 0.1) is 6.92 Å². The van der Waals surface area contributed by atoms with Crippen LogP contribution in [0.5, 0.6) is 0 Å². The summed E-state index contributed by atoms with van der Waals surface area (Å²) >= 11 is 0. The van der Waals surface area contributed by atoms with Gasteiger partial charge in [-0.25, -0.2) is 4.98 Å². The molecule has 0 amide bonds. The van der Waals surface area contributed by atoms with Crippen molar-refractivity contribution in [2.75, 3.05) is 11.1 Å². The predicted molar refractivity (Wildman–Crippen MR) is 150 cm³/mol. The second-order valence-corrected chi connectivity index (χ2v) is 9.39. The lowest BCUT2D eigenvalue weighted by Crippen LogP contribution is -2.26. The molecular formula is C29H26N8O. The van der Waals surface area contributed by atoms with Gasteiger partial charge < -0.3 is 11.1 Å². The molecule has 0 aliphatic heterocycles. The lowest BCUT2D eigenvalue weighted by molar-refractivity contribution is 0.768. The maximum absolute atomic E-state index is 14.3. The predicted octanol–water partition coefficient (Wildman–Crippen LogP) is 4.79. The highest BCUT2D eigenvalue weighted by Crippen LogP contribution is 2.31. The molecule has 9 heteroatoms. The number of aryl methyl sites for hydroxylation is 2. The van der Waals surface area contributed by atoms with Gasteiger partial charge in [0.1, 0.15) is 5.52 Å². The molecule has 0 radical (unpaired) electrons. The van der Waals surface area contributed by atoms with E-state index in [0.29, 0.717) is 22.2 Å². The molecule has 4 heterocycles. The second kappa shape index (κ2) is 9.11. The molecule has 188 valence electrons. The highest BCUT2D eigenvalue weighted by atomic mass is 16.1. The fraction of sp³-hybridized carbons (Fsp3) is 0.138. The first-order valence-electron chi connectivity index (χ1n) is 12.3. The van der Waals surface area contributed by atoms with Crippen LogP contribution in [-0.2, 0) is 7.05 Å². The zero-order chi connectivity index (χ0) is 26.4. The van der Waals surface area contributed by atoms with Crippen molar-refractivity contribution in [1.29, 1.82) is 0 Å². The van der Waals surface area contributed by atoms with E-state index in [0.717, 1.165) is 33.5 Å². The van der Waals surface area contributed by atoms with Crippen LogP contribution in [0.25, 0.3) is 38.6 Å². The van der Waals surface area contributed by atoms with E-state index in [1.807, 2.05) is 75.6 Å². The Bertz CT molecular complexity index is 1890. The van der Waals surface area contributed by atoms with Gasteiger partial charge in [0.25, 0.3) is 5.56 Å². The summed E-state index contributed by atoms with van der Waals surface area (Å²) in [6.07, 6.45) is 5.39. The highest BCUT2D eigenvalue weighted by molar-refractivity contribution is 5.96. The van der Waals surface area contributed by atoms with Gasteiger partial charge >= 0.3 is 0 Å². The van der Waals surface area contributed by atoms with Crippen molar-refractivity contribution in [2.45, 2.75) is 19.9 Å². The molecule has 1 atom stereocenters. The van der Waals surface area contributed by atoms with Crippen LogP contribution >= 0.6 is 0 Å². The van der Waals surface area contributed by atoms with Gasteiger partial charge in [-0.2, -0.15) is 10.1 Å². The SMILES string of the molecule is Cc1cccc(-n2c([C@H](C)Nc3nc(N)nc4cccnc34)cc3cccc(-c4cnn(C)c4)c3c2=O)c1. The number of anilines is 2. The van der Waals surface area contributed by atoms with E-state index >= 15 is 0 Å². The molecule has 0 spiro atoms. The fourth-order valence-corrected chi connectivity index (χ4v) is 4.90. The van der Waals surface area contributed by atoms with Crippen molar-refractivity contribution < 1.29 is 0 Å². The maximum Gasteiger partial charge on any atom is 0.263 e. The summed E-state index contributed by atoms with van der Waals surface area (Å²) in [6, 6.07) is 19.2. The number of fused-ring (bicyclic) bond motifs is 2. The number of aromatic nitrogens is 6. The summed E-state index contributed by atoms with van der Waals surface area (Å²) in [5.74, 6) is 0.656. The van der Waals surface area contributed by atoms with Gasteiger partial charge in [-0.1, -0.05) is 30.3 Å². The molecule has 2 aromatic carbocycles. The molecule has 0 bridgehead atoms. The molecule has 0 fully saturated rings. The van der Waals surface area contributed by atoms with Crippen LogP contribution in [-0.4, -0.2) is 29.3 Å². The Morgan fingerprint density at radius 1 is 1.03 bits per heavy atom. The van der Waals surface area contributed by atoms with Crippen LogP contribution in [0.1, 0.15) is 24.2 Å². The number of hydrogen-bond acceptors (Lipinski definition) is 7. The summed E-state index contributed by atoms with van der Waals surface area (Å²) < 4.78 is 3.51. The zero-order valence-corrected chi connectivity index (χ0v) is 21.3. The van der Waals surface area contributed by atoms with Crippen LogP contribution in [0.4, 0.5) is 11.8 Å². The van der Waals surface area contributed by atoms with E-state index in [4.69, 9.17) is 5.73 Å². The molecule has 0 unspecified atom stereocenters. The van der Waals surface area contributed by atoms with E-state index in [2.05, 4.69) is 31.4 Å². The first kappa shape index (κ1) is 23.4. The van der Waals surface area contributed by atoms with Crippen molar-refractivity contribution in [3.8, 4) is 16.8 Å². The van der Waals surface area contributed by atoms with Gasteiger partial charge in [0, 0.05) is 36.4 Å². The van der Waals surface area contributed by atoms with Crippen LogP contribution < -0.4 is 16.6 Å². The van der Waals surface area contributed by atoms with Gasteiger partial charge in [-0.05, 0) is 60.7 Å². The smallest absolute Gasteiger partial charge is 0.263 e. The minimum absolute atomic E-state index is 0.110. The molecule has 0 saturated heterocycles. The van der Waals surface area contributed by atoms with E-state index < -0.39 is 0 Å². The first-order valence-corrected chi connectivity index (χ1v) is 12.3. The summed E-state index contributed by atoms with van der Waals surface area (Å²) in [5.41, 5.74) is 11.5. The van der Waals surface area contributed by atoms with Crippen molar-refractivity contribution in [3.05, 3.63) is 101 Å². The molecule has 9 nitrogen and oxygen atoms in total. The standard InChI is InChI=1S/C29H26N8O/c1-17-7-4-9-21(13-17)37-24(18(2)33-27-26-23(11-6-12-31-26)34-29(30)35-27)14-19-8-5-10-22(25(19)28(37)38)20-15-32-36(3)16-20/h4-16,18H,1-3H3,(H3,30,33,34,35)/t18-/m0/s1. The van der Waals surface area contributed by atoms with E-state index in [1.165, 1.54) is 0 Å². The fourth-order valence-electron chi connectivity index (χ4n) is 4.90. The third kappa shape index (κ3) is 4.03. The van der Waals surface area contributed by atoms with Crippen LogP contribution in [0.2, 0.25) is 0 Å². The highest BCUT2D eigenvalue weighted by Gasteiger charge is 2.20. The summed E-state index contributed by atoms with van der Waals surface area (Å²) in [4.78, 5) is 27.5. The maximum atomic E-state index is 14.3. The molecule has 0 aliphatic carbocycles. The molecule has 0 saturated carbocycles. The Kier molecular flexibility index (Phi) is 5.60. The Morgan fingerprint density at radius 3 is 2.66 bits per heavy atom. The molecular weight excluding hydrogens is 476 g/mol. The Balaban J connectivity index is 1.58. The molecule has 4 aromatic heterocycles.